The zero-order chi connectivity index (χ0) is 12.1. The third kappa shape index (κ3) is 3.88. The van der Waals surface area contributed by atoms with Crippen LogP contribution in [0.25, 0.3) is 0 Å². The summed E-state index contributed by atoms with van der Waals surface area (Å²) in [5, 5.41) is 0. The fourth-order valence-corrected chi connectivity index (χ4v) is 1.89. The molecule has 4 nitrogen and oxygen atoms in total. The first-order valence-corrected chi connectivity index (χ1v) is 6.12. The van der Waals surface area contributed by atoms with Crippen LogP contribution in [0.2, 0.25) is 0 Å². The number of unbranched alkanes of at least 4 members (excludes halogenated alkanes) is 2. The second-order valence-corrected chi connectivity index (χ2v) is 4.47. The Morgan fingerprint density at radius 2 is 1.18 bits per heavy atom. The van der Waals surface area contributed by atoms with E-state index in [9.17, 15) is 0 Å². The predicted octanol–water partition coefficient (Wildman–Crippen LogP) is 1.59. The highest BCUT2D eigenvalue weighted by Crippen LogP contribution is 2.12. The fraction of sp³-hybridized carbons (Fsp3) is 0.538. The molecule has 2 heterocycles. The van der Waals surface area contributed by atoms with Crippen molar-refractivity contribution < 1.29 is 0 Å². The standard InChI is InChI=1S/C13H20N4/c1-14-8-10-16(12-14)6-4-3-5-7-17-11-9-15(2)13-17/h8-11H,3-7H2,1-2H3. The van der Waals surface area contributed by atoms with Crippen molar-refractivity contribution in [3.63, 3.8) is 0 Å². The normalized spacial score (nSPS) is 18.9. The van der Waals surface area contributed by atoms with Crippen LogP contribution in [0.5, 0.6) is 0 Å². The van der Waals surface area contributed by atoms with Crippen LogP contribution in [0.3, 0.4) is 0 Å². The molecule has 0 bridgehead atoms. The quantitative estimate of drug-likeness (QED) is 0.645. The molecule has 0 saturated heterocycles. The van der Waals surface area contributed by atoms with Gasteiger partial charge in [0.15, 0.2) is 0 Å². The summed E-state index contributed by atoms with van der Waals surface area (Å²) in [6.07, 6.45) is 11.8. The Morgan fingerprint density at radius 3 is 1.53 bits per heavy atom. The van der Waals surface area contributed by atoms with Gasteiger partial charge in [0.25, 0.3) is 0 Å². The molecule has 0 unspecified atom stereocenters. The molecule has 0 aromatic rings. The van der Waals surface area contributed by atoms with Gasteiger partial charge in [-0.05, 0) is 19.3 Å². The highest BCUT2D eigenvalue weighted by atomic mass is 15.3. The molecule has 0 atom stereocenters. The van der Waals surface area contributed by atoms with Gasteiger partial charge in [-0.2, -0.15) is 0 Å². The molecular formula is C13H20N4. The molecule has 4 heteroatoms. The van der Waals surface area contributed by atoms with E-state index in [1.807, 2.05) is 36.3 Å². The minimum atomic E-state index is 1.06. The van der Waals surface area contributed by atoms with Crippen molar-refractivity contribution in [2.24, 2.45) is 0 Å². The zero-order valence-corrected chi connectivity index (χ0v) is 10.6. The maximum Gasteiger partial charge on any atom is 0.207 e. The maximum atomic E-state index is 3.21. The SMILES string of the molecule is CN1[C]N(CCCCCN2[C]N(C)C=C2)C=C1. The lowest BCUT2D eigenvalue weighted by Crippen LogP contribution is -2.19. The van der Waals surface area contributed by atoms with Crippen LogP contribution in [0.4, 0.5) is 0 Å². The zero-order valence-electron chi connectivity index (χ0n) is 10.6. The van der Waals surface area contributed by atoms with Crippen LogP contribution < -0.4 is 0 Å². The summed E-state index contributed by atoms with van der Waals surface area (Å²) in [6.45, 7) is 8.53. The molecule has 92 valence electrons. The molecule has 0 saturated carbocycles. The van der Waals surface area contributed by atoms with Crippen LogP contribution >= 0.6 is 0 Å². The van der Waals surface area contributed by atoms with E-state index in [1.165, 1.54) is 19.3 Å². The Morgan fingerprint density at radius 1 is 0.706 bits per heavy atom. The molecule has 0 aromatic heterocycles. The van der Waals surface area contributed by atoms with Crippen LogP contribution in [0.15, 0.2) is 24.8 Å². The highest BCUT2D eigenvalue weighted by Gasteiger charge is 2.11. The number of nitrogens with zero attached hydrogens (tertiary/aromatic N) is 4. The summed E-state index contributed by atoms with van der Waals surface area (Å²) in [7, 11) is 4.00. The maximum absolute atomic E-state index is 3.21. The minimum Gasteiger partial charge on any atom is -0.349 e. The van der Waals surface area contributed by atoms with Gasteiger partial charge >= 0.3 is 0 Å². The van der Waals surface area contributed by atoms with Gasteiger partial charge in [-0.15, -0.1) is 0 Å². The van der Waals surface area contributed by atoms with Crippen molar-refractivity contribution >= 4 is 0 Å². The van der Waals surface area contributed by atoms with E-state index in [2.05, 4.69) is 35.5 Å². The van der Waals surface area contributed by atoms with Gasteiger partial charge in [0.2, 0.25) is 13.3 Å². The van der Waals surface area contributed by atoms with E-state index in [0.717, 1.165) is 13.1 Å². The molecular weight excluding hydrogens is 212 g/mol. The number of hydrogen-bond acceptors (Lipinski definition) is 4. The van der Waals surface area contributed by atoms with E-state index in [4.69, 9.17) is 0 Å². The summed E-state index contributed by atoms with van der Waals surface area (Å²) < 4.78 is 0. The van der Waals surface area contributed by atoms with Crippen LogP contribution in [-0.2, 0) is 0 Å². The minimum absolute atomic E-state index is 1.06. The van der Waals surface area contributed by atoms with Crippen molar-refractivity contribution in [2.45, 2.75) is 19.3 Å². The van der Waals surface area contributed by atoms with Crippen molar-refractivity contribution in [1.82, 2.24) is 19.6 Å². The Balaban J connectivity index is 1.47. The van der Waals surface area contributed by atoms with Crippen molar-refractivity contribution in [2.75, 3.05) is 27.2 Å². The fourth-order valence-electron chi connectivity index (χ4n) is 1.89. The highest BCUT2D eigenvalue weighted by molar-refractivity contribution is 4.96. The molecule has 4 radical (unpaired) electrons. The number of rotatable bonds is 6. The second kappa shape index (κ2) is 5.84. The average Bonchev–Trinajstić information content (AvgIpc) is 2.88. The van der Waals surface area contributed by atoms with E-state index in [-0.39, 0.29) is 0 Å². The molecule has 0 N–H and O–H groups in total. The Kier molecular flexibility index (Phi) is 4.18. The molecule has 0 fully saturated rings. The summed E-state index contributed by atoms with van der Waals surface area (Å²) in [6, 6.07) is 0. The molecule has 2 aliphatic rings. The Labute approximate surface area is 105 Å². The molecule has 0 aromatic carbocycles. The van der Waals surface area contributed by atoms with Crippen molar-refractivity contribution in [1.29, 1.82) is 0 Å². The largest absolute Gasteiger partial charge is 0.349 e. The molecule has 0 amide bonds. The summed E-state index contributed by atoms with van der Waals surface area (Å²) in [4.78, 5) is 8.13. The molecule has 2 rings (SSSR count). The van der Waals surface area contributed by atoms with Gasteiger partial charge in [-0.3, -0.25) is 0 Å². The van der Waals surface area contributed by atoms with Gasteiger partial charge in [-0.25, -0.2) is 0 Å². The first kappa shape index (κ1) is 12.1. The van der Waals surface area contributed by atoms with Gasteiger partial charge in [-0.1, -0.05) is 0 Å². The molecule has 0 aliphatic carbocycles. The van der Waals surface area contributed by atoms with Gasteiger partial charge < -0.3 is 19.6 Å². The third-order valence-corrected chi connectivity index (χ3v) is 2.81. The first-order chi connectivity index (χ1) is 8.24. The molecule has 0 spiro atoms. The van der Waals surface area contributed by atoms with Crippen LogP contribution in [-0.4, -0.2) is 46.8 Å². The third-order valence-electron chi connectivity index (χ3n) is 2.81. The van der Waals surface area contributed by atoms with E-state index >= 15 is 0 Å². The Bertz CT molecular complexity index is 259. The number of hydrogen-bond donors (Lipinski definition) is 0. The van der Waals surface area contributed by atoms with Crippen molar-refractivity contribution in [3.05, 3.63) is 38.1 Å². The predicted molar refractivity (Wildman–Crippen MR) is 67.6 cm³/mol. The lowest BCUT2D eigenvalue weighted by atomic mass is 10.2. The van der Waals surface area contributed by atoms with Crippen LogP contribution in [0, 0.1) is 13.3 Å². The van der Waals surface area contributed by atoms with Gasteiger partial charge in [0.05, 0.1) is 0 Å². The summed E-state index contributed by atoms with van der Waals surface area (Å²) in [5.41, 5.74) is 0. The molecule has 2 aliphatic heterocycles. The van der Waals surface area contributed by atoms with E-state index in [0.29, 0.717) is 0 Å². The lowest BCUT2D eigenvalue weighted by Gasteiger charge is -2.17. The van der Waals surface area contributed by atoms with Crippen molar-refractivity contribution in [3.8, 4) is 0 Å². The Hall–Kier alpha value is -1.32. The average molecular weight is 232 g/mol. The second-order valence-electron chi connectivity index (χ2n) is 4.47. The van der Waals surface area contributed by atoms with Crippen LogP contribution in [0.1, 0.15) is 19.3 Å². The topological polar surface area (TPSA) is 13.0 Å². The van der Waals surface area contributed by atoms with E-state index < -0.39 is 0 Å². The smallest absolute Gasteiger partial charge is 0.207 e. The summed E-state index contributed by atoms with van der Waals surface area (Å²) in [5.74, 6) is 0. The van der Waals surface area contributed by atoms with E-state index in [1.54, 1.807) is 0 Å². The lowest BCUT2D eigenvalue weighted by molar-refractivity contribution is 0.349. The van der Waals surface area contributed by atoms with Gasteiger partial charge in [0.1, 0.15) is 0 Å². The monoisotopic (exact) mass is 232 g/mol. The molecule has 17 heavy (non-hydrogen) atoms. The summed E-state index contributed by atoms with van der Waals surface area (Å²) >= 11 is 0. The first-order valence-electron chi connectivity index (χ1n) is 6.12. The van der Waals surface area contributed by atoms with Gasteiger partial charge in [0, 0.05) is 52.0 Å².